The van der Waals surface area contributed by atoms with Crippen molar-refractivity contribution in [1.29, 1.82) is 0 Å². The Morgan fingerprint density at radius 2 is 1.54 bits per heavy atom. The number of anilines is 1. The molecule has 0 bridgehead atoms. The van der Waals surface area contributed by atoms with Crippen molar-refractivity contribution in [2.24, 2.45) is 0 Å². The summed E-state index contributed by atoms with van der Waals surface area (Å²) < 4.78 is 26.7. The lowest BCUT2D eigenvalue weighted by Gasteiger charge is -2.15. The standard InChI is InChI=1S/C17H21N3O2S2/c21-24(22,20-11-3-4-12-20)15-7-5-14(6-8-15)16-13-23-17(18-16)19-9-1-2-10-19/h5-8,13H,1-4,9-12H2. The van der Waals surface area contributed by atoms with Crippen LogP contribution in [-0.2, 0) is 10.0 Å². The summed E-state index contributed by atoms with van der Waals surface area (Å²) in [7, 11) is -3.34. The van der Waals surface area contributed by atoms with E-state index in [9.17, 15) is 8.42 Å². The monoisotopic (exact) mass is 363 g/mol. The third-order valence-electron chi connectivity index (χ3n) is 4.72. The Labute approximate surface area is 147 Å². The quantitative estimate of drug-likeness (QED) is 0.837. The molecule has 0 spiro atoms. The molecule has 0 radical (unpaired) electrons. The second kappa shape index (κ2) is 6.46. The van der Waals surface area contributed by atoms with Gasteiger partial charge in [0, 0.05) is 37.1 Å². The Hall–Kier alpha value is -1.44. The van der Waals surface area contributed by atoms with Crippen molar-refractivity contribution >= 4 is 26.5 Å². The van der Waals surface area contributed by atoms with Crippen molar-refractivity contribution in [2.45, 2.75) is 30.6 Å². The van der Waals surface area contributed by atoms with E-state index in [2.05, 4.69) is 10.3 Å². The van der Waals surface area contributed by atoms with Gasteiger partial charge in [-0.25, -0.2) is 13.4 Å². The highest BCUT2D eigenvalue weighted by Gasteiger charge is 2.27. The molecule has 7 heteroatoms. The molecule has 0 atom stereocenters. The second-order valence-corrected chi connectivity index (χ2v) is 9.12. The first-order valence-electron chi connectivity index (χ1n) is 8.46. The van der Waals surface area contributed by atoms with Crippen LogP contribution in [0.3, 0.4) is 0 Å². The molecule has 0 amide bonds. The molecule has 2 fully saturated rings. The van der Waals surface area contributed by atoms with Gasteiger partial charge in [-0.1, -0.05) is 12.1 Å². The first kappa shape index (κ1) is 16.1. The molecule has 1 aromatic carbocycles. The lowest BCUT2D eigenvalue weighted by molar-refractivity contribution is 0.477. The molecule has 1 aromatic heterocycles. The van der Waals surface area contributed by atoms with Crippen LogP contribution in [0, 0.1) is 0 Å². The highest BCUT2D eigenvalue weighted by atomic mass is 32.2. The normalized spacial score (nSPS) is 19.2. The van der Waals surface area contributed by atoms with E-state index in [1.165, 1.54) is 12.8 Å². The van der Waals surface area contributed by atoms with Crippen LogP contribution in [0.5, 0.6) is 0 Å². The number of aromatic nitrogens is 1. The molecular formula is C17H21N3O2S2. The van der Waals surface area contributed by atoms with Gasteiger partial charge >= 0.3 is 0 Å². The van der Waals surface area contributed by atoms with E-state index in [0.717, 1.165) is 42.3 Å². The van der Waals surface area contributed by atoms with Crippen molar-refractivity contribution in [3.63, 3.8) is 0 Å². The molecule has 2 aliphatic heterocycles. The number of nitrogens with zero attached hydrogens (tertiary/aromatic N) is 3. The van der Waals surface area contributed by atoms with Gasteiger partial charge in [-0.05, 0) is 37.8 Å². The minimum atomic E-state index is -3.34. The SMILES string of the molecule is O=S(=O)(c1ccc(-c2csc(N3CCCC3)n2)cc1)N1CCCC1. The Bertz CT molecular complexity index is 803. The molecule has 4 rings (SSSR count). The van der Waals surface area contributed by atoms with Crippen LogP contribution in [0.15, 0.2) is 34.5 Å². The number of hydrogen-bond acceptors (Lipinski definition) is 5. The van der Waals surface area contributed by atoms with E-state index >= 15 is 0 Å². The van der Waals surface area contributed by atoms with E-state index in [-0.39, 0.29) is 0 Å². The minimum Gasteiger partial charge on any atom is -0.348 e. The molecule has 0 saturated carbocycles. The van der Waals surface area contributed by atoms with Gasteiger partial charge in [0.05, 0.1) is 10.6 Å². The molecule has 2 saturated heterocycles. The van der Waals surface area contributed by atoms with Crippen molar-refractivity contribution in [3.8, 4) is 11.3 Å². The van der Waals surface area contributed by atoms with Gasteiger partial charge in [0.25, 0.3) is 0 Å². The van der Waals surface area contributed by atoms with Crippen molar-refractivity contribution in [2.75, 3.05) is 31.1 Å². The molecule has 2 aromatic rings. The third-order valence-corrected chi connectivity index (χ3v) is 7.54. The largest absolute Gasteiger partial charge is 0.348 e. The molecule has 0 aliphatic carbocycles. The fraction of sp³-hybridized carbons (Fsp3) is 0.471. The summed E-state index contributed by atoms with van der Waals surface area (Å²) in [6.45, 7) is 3.44. The maximum Gasteiger partial charge on any atom is 0.243 e. The van der Waals surface area contributed by atoms with Gasteiger partial charge in [-0.2, -0.15) is 4.31 Å². The average Bonchev–Trinajstić information content (AvgIpc) is 3.36. The van der Waals surface area contributed by atoms with Crippen LogP contribution < -0.4 is 4.90 Å². The fourth-order valence-corrected chi connectivity index (χ4v) is 5.73. The van der Waals surface area contributed by atoms with Gasteiger partial charge in [0.2, 0.25) is 10.0 Å². The van der Waals surface area contributed by atoms with Crippen molar-refractivity contribution in [3.05, 3.63) is 29.6 Å². The number of sulfonamides is 1. The predicted molar refractivity (Wildman–Crippen MR) is 97.0 cm³/mol. The lowest BCUT2D eigenvalue weighted by atomic mass is 10.2. The van der Waals surface area contributed by atoms with E-state index in [1.54, 1.807) is 27.8 Å². The Balaban J connectivity index is 1.55. The number of rotatable bonds is 4. The lowest BCUT2D eigenvalue weighted by Crippen LogP contribution is -2.27. The molecule has 2 aliphatic rings. The van der Waals surface area contributed by atoms with Crippen LogP contribution in [0.2, 0.25) is 0 Å². The summed E-state index contributed by atoms with van der Waals surface area (Å²) in [5.74, 6) is 0. The van der Waals surface area contributed by atoms with Crippen LogP contribution in [0.4, 0.5) is 5.13 Å². The van der Waals surface area contributed by atoms with Gasteiger partial charge in [0.1, 0.15) is 0 Å². The highest BCUT2D eigenvalue weighted by Crippen LogP contribution is 2.30. The molecule has 5 nitrogen and oxygen atoms in total. The maximum atomic E-state index is 12.6. The van der Waals surface area contributed by atoms with Crippen LogP contribution in [-0.4, -0.2) is 43.9 Å². The third kappa shape index (κ3) is 2.96. The Morgan fingerprint density at radius 1 is 0.917 bits per heavy atom. The van der Waals surface area contributed by atoms with Gasteiger partial charge < -0.3 is 4.90 Å². The molecular weight excluding hydrogens is 342 g/mol. The van der Waals surface area contributed by atoms with Crippen LogP contribution in [0.25, 0.3) is 11.3 Å². The first-order chi connectivity index (χ1) is 11.6. The zero-order valence-corrected chi connectivity index (χ0v) is 15.2. The van der Waals surface area contributed by atoms with Gasteiger partial charge in [-0.15, -0.1) is 11.3 Å². The maximum absolute atomic E-state index is 12.6. The summed E-state index contributed by atoms with van der Waals surface area (Å²) in [6, 6.07) is 7.15. The van der Waals surface area contributed by atoms with E-state index in [4.69, 9.17) is 4.98 Å². The summed E-state index contributed by atoms with van der Waals surface area (Å²) >= 11 is 1.66. The summed E-state index contributed by atoms with van der Waals surface area (Å²) in [5.41, 5.74) is 1.89. The Morgan fingerprint density at radius 3 is 2.21 bits per heavy atom. The Kier molecular flexibility index (Phi) is 4.32. The number of hydrogen-bond donors (Lipinski definition) is 0. The number of benzene rings is 1. The molecule has 0 unspecified atom stereocenters. The van der Waals surface area contributed by atoms with Crippen LogP contribution >= 0.6 is 11.3 Å². The van der Waals surface area contributed by atoms with E-state index in [1.807, 2.05) is 12.1 Å². The zero-order chi connectivity index (χ0) is 16.6. The van der Waals surface area contributed by atoms with Crippen molar-refractivity contribution < 1.29 is 8.42 Å². The molecule has 3 heterocycles. The molecule has 24 heavy (non-hydrogen) atoms. The van der Waals surface area contributed by atoms with Gasteiger partial charge in [-0.3, -0.25) is 0 Å². The van der Waals surface area contributed by atoms with Crippen LogP contribution in [0.1, 0.15) is 25.7 Å². The van der Waals surface area contributed by atoms with Gasteiger partial charge in [0.15, 0.2) is 5.13 Å². The summed E-state index contributed by atoms with van der Waals surface area (Å²) in [6.07, 6.45) is 4.38. The van der Waals surface area contributed by atoms with E-state index < -0.39 is 10.0 Å². The minimum absolute atomic E-state index is 0.378. The second-order valence-electron chi connectivity index (χ2n) is 6.35. The topological polar surface area (TPSA) is 53.5 Å². The zero-order valence-electron chi connectivity index (χ0n) is 13.5. The predicted octanol–water partition coefficient (Wildman–Crippen LogP) is 3.19. The van der Waals surface area contributed by atoms with Crippen molar-refractivity contribution in [1.82, 2.24) is 9.29 Å². The summed E-state index contributed by atoms with van der Waals surface area (Å²) in [5, 5.41) is 3.12. The smallest absolute Gasteiger partial charge is 0.243 e. The fourth-order valence-electron chi connectivity index (χ4n) is 3.33. The summed E-state index contributed by atoms with van der Waals surface area (Å²) in [4.78, 5) is 7.41. The number of thiazole rings is 1. The van der Waals surface area contributed by atoms with E-state index in [0.29, 0.717) is 18.0 Å². The highest BCUT2D eigenvalue weighted by molar-refractivity contribution is 7.89. The average molecular weight is 364 g/mol. The first-order valence-corrected chi connectivity index (χ1v) is 10.8. The molecule has 128 valence electrons. The molecule has 0 N–H and O–H groups in total.